The lowest BCUT2D eigenvalue weighted by atomic mass is 10.1. The van der Waals surface area contributed by atoms with Gasteiger partial charge in [-0.15, -0.1) is 0 Å². The van der Waals surface area contributed by atoms with Gasteiger partial charge >= 0.3 is 5.76 Å². The largest absolute Gasteiger partial charge is 0.419 e. The second-order valence-electron chi connectivity index (χ2n) is 6.14. The van der Waals surface area contributed by atoms with Crippen LogP contribution in [0.15, 0.2) is 27.4 Å². The van der Waals surface area contributed by atoms with Crippen LogP contribution >= 0.6 is 0 Å². The van der Waals surface area contributed by atoms with E-state index in [1.54, 1.807) is 0 Å². The molecule has 25 heavy (non-hydrogen) atoms. The number of fused-ring (bicyclic) bond motifs is 1. The van der Waals surface area contributed by atoms with E-state index in [2.05, 4.69) is 10.6 Å². The number of hydrogen-bond acceptors (Lipinski definition) is 6. The van der Waals surface area contributed by atoms with Gasteiger partial charge in [-0.3, -0.25) is 19.5 Å². The van der Waals surface area contributed by atoms with Crippen LogP contribution in [0.5, 0.6) is 0 Å². The summed E-state index contributed by atoms with van der Waals surface area (Å²) in [6.45, 7) is 2.09. The summed E-state index contributed by atoms with van der Waals surface area (Å²) in [6.07, 6.45) is 2.82. The number of carbonyl (C=O) groups is 1. The molecule has 1 fully saturated rings. The fourth-order valence-electron chi connectivity index (χ4n) is 3.05. The molecule has 0 saturated carbocycles. The maximum atomic E-state index is 12.0. The van der Waals surface area contributed by atoms with Gasteiger partial charge in [-0.2, -0.15) is 0 Å². The number of oxazole rings is 1. The highest BCUT2D eigenvalue weighted by Crippen LogP contribution is 2.20. The number of carbonyl (C=O) groups excluding carboxylic acids is 1. The molecule has 1 amide bonds. The molecule has 1 atom stereocenters. The molecule has 1 aromatic heterocycles. The van der Waals surface area contributed by atoms with E-state index in [9.17, 15) is 19.7 Å². The third kappa shape index (κ3) is 4.05. The van der Waals surface area contributed by atoms with E-state index < -0.39 is 10.7 Å². The molecule has 1 unspecified atom stereocenters. The number of benzene rings is 1. The number of nitrogens with zero attached hydrogens (tertiary/aromatic N) is 2. The van der Waals surface area contributed by atoms with E-state index in [-0.39, 0.29) is 23.2 Å². The lowest BCUT2D eigenvalue weighted by Crippen LogP contribution is -2.45. The Kier molecular flexibility index (Phi) is 5.13. The fourth-order valence-corrected chi connectivity index (χ4v) is 3.05. The molecule has 0 bridgehead atoms. The van der Waals surface area contributed by atoms with E-state index >= 15 is 0 Å². The summed E-state index contributed by atoms with van der Waals surface area (Å²) in [6, 6.07) is 4.22. The Morgan fingerprint density at radius 2 is 2.32 bits per heavy atom. The molecule has 9 nitrogen and oxygen atoms in total. The number of piperidine rings is 1. The Bertz CT molecular complexity index is 835. The van der Waals surface area contributed by atoms with Crippen LogP contribution in [0.3, 0.4) is 0 Å². The second kappa shape index (κ2) is 7.47. The van der Waals surface area contributed by atoms with Crippen LogP contribution in [0.4, 0.5) is 5.69 Å². The normalized spacial score (nSPS) is 17.5. The van der Waals surface area contributed by atoms with Gasteiger partial charge in [-0.25, -0.2) is 4.79 Å². The molecular formula is C16H20N4O5. The standard InChI is InChI=1S/C16H20N4O5/c21-15(18-11-3-1-7-17-10-11)4-2-8-19-13-6-5-12(20(23)24)9-14(13)25-16(19)22/h5-6,9,11,17H,1-4,7-8,10H2,(H,18,21). The van der Waals surface area contributed by atoms with Crippen molar-refractivity contribution in [2.24, 2.45) is 0 Å². The van der Waals surface area contributed by atoms with Crippen molar-refractivity contribution in [2.45, 2.75) is 38.3 Å². The molecule has 1 aliphatic heterocycles. The molecule has 2 heterocycles. The molecule has 0 radical (unpaired) electrons. The summed E-state index contributed by atoms with van der Waals surface area (Å²) < 4.78 is 6.46. The van der Waals surface area contributed by atoms with Crippen molar-refractivity contribution >= 4 is 22.7 Å². The molecule has 2 N–H and O–H groups in total. The Balaban J connectivity index is 1.59. The van der Waals surface area contributed by atoms with Crippen molar-refractivity contribution in [1.29, 1.82) is 0 Å². The third-order valence-electron chi connectivity index (χ3n) is 4.31. The van der Waals surface area contributed by atoms with Gasteiger partial charge in [0.05, 0.1) is 16.5 Å². The molecule has 3 rings (SSSR count). The number of aromatic nitrogens is 1. The molecule has 2 aromatic rings. The summed E-state index contributed by atoms with van der Waals surface area (Å²) in [5.41, 5.74) is 0.540. The van der Waals surface area contributed by atoms with E-state index in [1.165, 1.54) is 22.8 Å². The van der Waals surface area contributed by atoms with Crippen LogP contribution in [0.25, 0.3) is 11.1 Å². The summed E-state index contributed by atoms with van der Waals surface area (Å²) in [4.78, 5) is 34.1. The fraction of sp³-hybridized carbons (Fsp3) is 0.500. The first-order valence-corrected chi connectivity index (χ1v) is 8.32. The average molecular weight is 348 g/mol. The molecule has 0 aliphatic carbocycles. The Hall–Kier alpha value is -2.68. The van der Waals surface area contributed by atoms with Gasteiger partial charge in [-0.05, 0) is 31.9 Å². The first-order chi connectivity index (χ1) is 12.0. The highest BCUT2D eigenvalue weighted by atomic mass is 16.6. The SMILES string of the molecule is O=C(CCCn1c(=O)oc2cc([N+](=O)[O-])ccc21)NC1CCCNC1. The monoisotopic (exact) mass is 348 g/mol. The van der Waals surface area contributed by atoms with Gasteiger partial charge in [-0.1, -0.05) is 0 Å². The van der Waals surface area contributed by atoms with Crippen LogP contribution < -0.4 is 16.4 Å². The minimum atomic E-state index is -0.576. The molecule has 1 aliphatic rings. The summed E-state index contributed by atoms with van der Waals surface area (Å²) in [7, 11) is 0. The number of non-ortho nitro benzene ring substituents is 1. The van der Waals surface area contributed by atoms with E-state index in [0.717, 1.165) is 25.9 Å². The lowest BCUT2D eigenvalue weighted by Gasteiger charge is -2.23. The first-order valence-electron chi connectivity index (χ1n) is 8.32. The molecule has 1 saturated heterocycles. The van der Waals surface area contributed by atoms with Crippen molar-refractivity contribution in [2.75, 3.05) is 13.1 Å². The molecule has 0 spiro atoms. The van der Waals surface area contributed by atoms with Gasteiger partial charge in [0.1, 0.15) is 0 Å². The van der Waals surface area contributed by atoms with Crippen LogP contribution in [-0.4, -0.2) is 34.5 Å². The van der Waals surface area contributed by atoms with Gasteiger partial charge in [0.25, 0.3) is 5.69 Å². The minimum absolute atomic E-state index is 0.0369. The number of aryl methyl sites for hydroxylation is 1. The molecular weight excluding hydrogens is 328 g/mol. The van der Waals surface area contributed by atoms with Crippen molar-refractivity contribution in [3.05, 3.63) is 38.9 Å². The number of nitro groups is 1. The van der Waals surface area contributed by atoms with Gasteiger partial charge < -0.3 is 15.1 Å². The summed E-state index contributed by atoms with van der Waals surface area (Å²) in [5, 5.41) is 17.0. The summed E-state index contributed by atoms with van der Waals surface area (Å²) in [5.74, 6) is -0.613. The van der Waals surface area contributed by atoms with Crippen molar-refractivity contribution in [1.82, 2.24) is 15.2 Å². The average Bonchev–Trinajstić information content (AvgIpc) is 2.90. The molecule has 9 heteroatoms. The molecule has 134 valence electrons. The van der Waals surface area contributed by atoms with Crippen LogP contribution in [0, 0.1) is 10.1 Å². The number of nitrogens with one attached hydrogen (secondary N) is 2. The predicted octanol–water partition coefficient (Wildman–Crippen LogP) is 1.15. The topological polar surface area (TPSA) is 119 Å². The first kappa shape index (κ1) is 17.2. The Morgan fingerprint density at radius 3 is 3.04 bits per heavy atom. The van der Waals surface area contributed by atoms with E-state index in [0.29, 0.717) is 24.9 Å². The van der Waals surface area contributed by atoms with Gasteiger partial charge in [0.15, 0.2) is 5.58 Å². The molecule has 1 aromatic carbocycles. The third-order valence-corrected chi connectivity index (χ3v) is 4.31. The Morgan fingerprint density at radius 1 is 1.48 bits per heavy atom. The van der Waals surface area contributed by atoms with Gasteiger partial charge in [0.2, 0.25) is 5.91 Å². The zero-order valence-corrected chi connectivity index (χ0v) is 13.7. The quantitative estimate of drug-likeness (QED) is 0.597. The van der Waals surface area contributed by atoms with Crippen LogP contribution in [-0.2, 0) is 11.3 Å². The van der Waals surface area contributed by atoms with Gasteiger partial charge in [0, 0.05) is 31.6 Å². The van der Waals surface area contributed by atoms with Crippen molar-refractivity contribution in [3.63, 3.8) is 0 Å². The predicted molar refractivity (Wildman–Crippen MR) is 90.4 cm³/mol. The highest BCUT2D eigenvalue weighted by Gasteiger charge is 2.16. The van der Waals surface area contributed by atoms with Crippen LogP contribution in [0.2, 0.25) is 0 Å². The number of nitro benzene ring substituents is 1. The zero-order chi connectivity index (χ0) is 17.8. The Labute approximate surface area is 143 Å². The zero-order valence-electron chi connectivity index (χ0n) is 13.7. The maximum absolute atomic E-state index is 12.0. The number of hydrogen-bond donors (Lipinski definition) is 2. The summed E-state index contributed by atoms with van der Waals surface area (Å²) >= 11 is 0. The van der Waals surface area contributed by atoms with E-state index in [1.807, 2.05) is 0 Å². The number of rotatable bonds is 6. The number of amides is 1. The smallest absolute Gasteiger partial charge is 0.407 e. The minimum Gasteiger partial charge on any atom is -0.407 e. The highest BCUT2D eigenvalue weighted by molar-refractivity contribution is 5.77. The van der Waals surface area contributed by atoms with E-state index in [4.69, 9.17) is 4.42 Å². The van der Waals surface area contributed by atoms with Crippen LogP contribution in [0.1, 0.15) is 25.7 Å². The van der Waals surface area contributed by atoms with Crippen molar-refractivity contribution < 1.29 is 14.1 Å². The second-order valence-corrected chi connectivity index (χ2v) is 6.14. The van der Waals surface area contributed by atoms with Crippen molar-refractivity contribution in [3.8, 4) is 0 Å². The lowest BCUT2D eigenvalue weighted by molar-refractivity contribution is -0.384. The maximum Gasteiger partial charge on any atom is 0.419 e.